The summed E-state index contributed by atoms with van der Waals surface area (Å²) >= 11 is 0. The van der Waals surface area contributed by atoms with Crippen LogP contribution in [0.25, 0.3) is 27.8 Å². The van der Waals surface area contributed by atoms with Crippen LogP contribution in [0.4, 0.5) is 0 Å². The zero-order chi connectivity index (χ0) is 18.5. The molecule has 0 saturated heterocycles. The van der Waals surface area contributed by atoms with Crippen LogP contribution in [0, 0.1) is 0 Å². The summed E-state index contributed by atoms with van der Waals surface area (Å²) in [4.78, 5) is 19.0. The standard InChI is InChI=1S/C16H11N3.C5H8O2.Ir/c1-2-8-14-12(6-1)13-7-5-11-18-16(13)19(14)15-9-3-4-10-17-15;1-4(6)3-5(2)7;/h1-11H;3,6H,1-2H3;. The number of para-hydroxylation sites is 1. The zero-order valence-corrected chi connectivity index (χ0v) is 17.4. The second-order valence-corrected chi connectivity index (χ2v) is 5.81. The van der Waals surface area contributed by atoms with Crippen molar-refractivity contribution in [3.8, 4) is 5.82 Å². The van der Waals surface area contributed by atoms with E-state index in [-0.39, 0.29) is 31.6 Å². The van der Waals surface area contributed by atoms with Gasteiger partial charge in [-0.05, 0) is 44.2 Å². The number of rotatable bonds is 2. The van der Waals surface area contributed by atoms with Crippen molar-refractivity contribution in [3.05, 3.63) is 78.8 Å². The Balaban J connectivity index is 0.000000285. The maximum Gasteiger partial charge on any atom is 0.155 e. The van der Waals surface area contributed by atoms with Crippen molar-refractivity contribution >= 4 is 27.7 Å². The predicted octanol–water partition coefficient (Wildman–Crippen LogP) is 4.61. The van der Waals surface area contributed by atoms with E-state index >= 15 is 0 Å². The molecule has 1 radical (unpaired) electrons. The van der Waals surface area contributed by atoms with E-state index in [2.05, 4.69) is 38.8 Å². The van der Waals surface area contributed by atoms with Crippen molar-refractivity contribution in [2.45, 2.75) is 13.8 Å². The summed E-state index contributed by atoms with van der Waals surface area (Å²) < 4.78 is 2.10. The van der Waals surface area contributed by atoms with Crippen LogP contribution in [0.3, 0.4) is 0 Å². The first kappa shape index (κ1) is 20.5. The molecular formula is C21H19IrN3O2. The van der Waals surface area contributed by atoms with Crippen LogP contribution >= 0.6 is 0 Å². The Morgan fingerprint density at radius 3 is 2.22 bits per heavy atom. The van der Waals surface area contributed by atoms with Gasteiger partial charge in [0, 0.05) is 49.3 Å². The normalized spacial score (nSPS) is 10.8. The summed E-state index contributed by atoms with van der Waals surface area (Å²) in [6.45, 7) is 2.85. The molecule has 139 valence electrons. The number of aliphatic hydroxyl groups is 1. The Morgan fingerprint density at radius 2 is 1.59 bits per heavy atom. The maximum atomic E-state index is 10.0. The van der Waals surface area contributed by atoms with Gasteiger partial charge in [0.25, 0.3) is 0 Å². The Bertz CT molecular complexity index is 1030. The summed E-state index contributed by atoms with van der Waals surface area (Å²) in [6, 6.07) is 18.3. The molecule has 6 heteroatoms. The molecule has 27 heavy (non-hydrogen) atoms. The molecule has 0 fully saturated rings. The van der Waals surface area contributed by atoms with Crippen LogP contribution in [0.2, 0.25) is 0 Å². The van der Waals surface area contributed by atoms with E-state index in [0.29, 0.717) is 0 Å². The number of hydrogen-bond donors (Lipinski definition) is 1. The number of ketones is 1. The van der Waals surface area contributed by atoms with Crippen LogP contribution in [0.15, 0.2) is 78.8 Å². The molecule has 0 aliphatic carbocycles. The summed E-state index contributed by atoms with van der Waals surface area (Å²) in [5, 5.41) is 10.7. The molecule has 4 rings (SSSR count). The van der Waals surface area contributed by atoms with Crippen molar-refractivity contribution in [1.29, 1.82) is 0 Å². The molecule has 0 aliphatic heterocycles. The molecule has 0 unspecified atom stereocenters. The largest absolute Gasteiger partial charge is 0.512 e. The number of aliphatic hydroxyl groups excluding tert-OH is 1. The van der Waals surface area contributed by atoms with Gasteiger partial charge < -0.3 is 5.11 Å². The molecule has 0 amide bonds. The van der Waals surface area contributed by atoms with Gasteiger partial charge in [0.05, 0.1) is 11.3 Å². The summed E-state index contributed by atoms with van der Waals surface area (Å²) in [5.74, 6) is 0.833. The average molecular weight is 538 g/mol. The van der Waals surface area contributed by atoms with Gasteiger partial charge in [-0.25, -0.2) is 9.97 Å². The van der Waals surface area contributed by atoms with Crippen LogP contribution in [0.5, 0.6) is 0 Å². The number of pyridine rings is 2. The topological polar surface area (TPSA) is 68.0 Å². The first-order valence-electron chi connectivity index (χ1n) is 8.21. The number of nitrogens with zero attached hydrogens (tertiary/aromatic N) is 3. The van der Waals surface area contributed by atoms with E-state index in [9.17, 15) is 4.79 Å². The SMILES string of the molecule is CC(=O)C=C(C)O.[Ir].c1ccc(-n2c3ccccc3c3cccnc32)nc1. The summed E-state index contributed by atoms with van der Waals surface area (Å²) in [6.07, 6.45) is 4.79. The Labute approximate surface area is 170 Å². The minimum Gasteiger partial charge on any atom is -0.512 e. The van der Waals surface area contributed by atoms with Gasteiger partial charge in [-0.15, -0.1) is 0 Å². The fourth-order valence-corrected chi connectivity index (χ4v) is 2.81. The number of allylic oxidation sites excluding steroid dienone is 2. The Kier molecular flexibility index (Phi) is 6.99. The van der Waals surface area contributed by atoms with Crippen LogP contribution in [-0.4, -0.2) is 25.4 Å². The molecule has 0 aliphatic rings. The molecule has 0 spiro atoms. The number of aromatic nitrogens is 3. The van der Waals surface area contributed by atoms with Gasteiger partial charge in [0.15, 0.2) is 5.78 Å². The van der Waals surface area contributed by atoms with Gasteiger partial charge >= 0.3 is 0 Å². The van der Waals surface area contributed by atoms with Crippen molar-refractivity contribution in [2.24, 2.45) is 0 Å². The van der Waals surface area contributed by atoms with Gasteiger partial charge in [0.2, 0.25) is 0 Å². The van der Waals surface area contributed by atoms with Gasteiger partial charge in [-0.3, -0.25) is 9.36 Å². The molecule has 0 saturated carbocycles. The third-order valence-corrected chi connectivity index (χ3v) is 3.72. The summed E-state index contributed by atoms with van der Waals surface area (Å²) in [5.41, 5.74) is 2.08. The van der Waals surface area contributed by atoms with Gasteiger partial charge in [-0.1, -0.05) is 24.3 Å². The average Bonchev–Trinajstić information content (AvgIpc) is 2.96. The monoisotopic (exact) mass is 538 g/mol. The van der Waals surface area contributed by atoms with Crippen molar-refractivity contribution in [3.63, 3.8) is 0 Å². The number of carbonyl (C=O) groups excluding carboxylic acids is 1. The fourth-order valence-electron chi connectivity index (χ4n) is 2.81. The Hall–Kier alpha value is -2.82. The number of fused-ring (bicyclic) bond motifs is 3. The van der Waals surface area contributed by atoms with Crippen LogP contribution in [0.1, 0.15) is 13.8 Å². The minimum atomic E-state index is -0.125. The van der Waals surface area contributed by atoms with Gasteiger partial charge in [-0.2, -0.15) is 0 Å². The van der Waals surface area contributed by atoms with E-state index in [1.165, 1.54) is 25.3 Å². The number of carbonyl (C=O) groups is 1. The number of hydrogen-bond acceptors (Lipinski definition) is 4. The second-order valence-electron chi connectivity index (χ2n) is 5.81. The van der Waals surface area contributed by atoms with Crippen molar-refractivity contribution in [1.82, 2.24) is 14.5 Å². The molecular weight excluding hydrogens is 518 g/mol. The molecule has 3 heterocycles. The summed E-state index contributed by atoms with van der Waals surface area (Å²) in [7, 11) is 0. The predicted molar refractivity (Wildman–Crippen MR) is 103 cm³/mol. The smallest absolute Gasteiger partial charge is 0.155 e. The van der Waals surface area contributed by atoms with Gasteiger partial charge in [0.1, 0.15) is 11.5 Å². The third-order valence-electron chi connectivity index (χ3n) is 3.72. The maximum absolute atomic E-state index is 10.0. The first-order valence-corrected chi connectivity index (χ1v) is 8.21. The molecule has 3 aromatic heterocycles. The van der Waals surface area contributed by atoms with E-state index in [1.54, 1.807) is 6.20 Å². The van der Waals surface area contributed by atoms with E-state index < -0.39 is 0 Å². The quantitative estimate of drug-likeness (QED) is 0.300. The van der Waals surface area contributed by atoms with E-state index in [4.69, 9.17) is 5.11 Å². The van der Waals surface area contributed by atoms with E-state index in [1.807, 2.05) is 36.5 Å². The van der Waals surface area contributed by atoms with Crippen LogP contribution < -0.4 is 0 Å². The van der Waals surface area contributed by atoms with E-state index in [0.717, 1.165) is 22.4 Å². The van der Waals surface area contributed by atoms with Crippen molar-refractivity contribution < 1.29 is 30.0 Å². The zero-order valence-electron chi connectivity index (χ0n) is 15.0. The number of benzene rings is 1. The minimum absolute atomic E-state index is 0. The molecule has 4 aromatic rings. The first-order chi connectivity index (χ1) is 12.6. The third kappa shape index (κ3) is 4.67. The molecule has 0 atom stereocenters. The van der Waals surface area contributed by atoms with Crippen molar-refractivity contribution in [2.75, 3.05) is 0 Å². The second kappa shape index (κ2) is 9.21. The molecule has 1 aromatic carbocycles. The molecule has 1 N–H and O–H groups in total. The van der Waals surface area contributed by atoms with Crippen LogP contribution in [-0.2, 0) is 24.9 Å². The molecule has 5 nitrogen and oxygen atoms in total. The molecule has 0 bridgehead atoms. The fraction of sp³-hybridized carbons (Fsp3) is 0.0952. The Morgan fingerprint density at radius 1 is 0.926 bits per heavy atom.